The molecule has 0 aromatic heterocycles. The molecule has 1 aliphatic carbocycles. The van der Waals surface area contributed by atoms with Gasteiger partial charge < -0.3 is 10.6 Å². The average molecular weight is 323 g/mol. The monoisotopic (exact) mass is 323 g/mol. The number of carbonyl (C=O) groups excluding carboxylic acids is 2. The lowest BCUT2D eigenvalue weighted by Gasteiger charge is -2.14. The third kappa shape index (κ3) is 2.38. The zero-order valence-corrected chi connectivity index (χ0v) is 12.7. The number of anilines is 1. The van der Waals surface area contributed by atoms with E-state index < -0.39 is 20.7 Å². The molecule has 3 rings (SSSR count). The van der Waals surface area contributed by atoms with Gasteiger partial charge in [0.25, 0.3) is 0 Å². The van der Waals surface area contributed by atoms with E-state index in [1.165, 1.54) is 0 Å². The van der Waals surface area contributed by atoms with Crippen molar-refractivity contribution in [3.8, 4) is 0 Å². The molecule has 0 spiro atoms. The maximum atomic E-state index is 12.0. The van der Waals surface area contributed by atoms with Gasteiger partial charge in [-0.05, 0) is 30.9 Å². The van der Waals surface area contributed by atoms with Gasteiger partial charge in [-0.3, -0.25) is 9.59 Å². The number of benzene rings is 1. The minimum absolute atomic E-state index is 0.108. The Morgan fingerprint density at radius 2 is 2.05 bits per heavy atom. The van der Waals surface area contributed by atoms with Crippen molar-refractivity contribution in [1.82, 2.24) is 5.32 Å². The van der Waals surface area contributed by atoms with Crippen LogP contribution in [0.25, 0.3) is 0 Å². The molecular formula is C14H17N3O4S. The first-order valence-corrected chi connectivity index (χ1v) is 8.60. The van der Waals surface area contributed by atoms with E-state index in [0.29, 0.717) is 6.42 Å². The van der Waals surface area contributed by atoms with Crippen LogP contribution in [-0.4, -0.2) is 31.5 Å². The van der Waals surface area contributed by atoms with Crippen LogP contribution < -0.4 is 15.8 Å². The lowest BCUT2D eigenvalue weighted by Crippen LogP contribution is -2.45. The van der Waals surface area contributed by atoms with Crippen molar-refractivity contribution in [3.05, 3.63) is 29.8 Å². The number of carbonyl (C=O) groups is 2. The molecule has 1 aromatic rings. The number of amides is 2. The lowest BCUT2D eigenvalue weighted by atomic mass is 9.97. The average Bonchev–Trinajstić information content (AvgIpc) is 3.20. The van der Waals surface area contributed by atoms with Crippen molar-refractivity contribution in [2.75, 3.05) is 11.9 Å². The van der Waals surface area contributed by atoms with Gasteiger partial charge in [0.15, 0.2) is 4.75 Å². The first-order chi connectivity index (χ1) is 10.3. The molecule has 2 amide bonds. The fourth-order valence-corrected chi connectivity index (χ4v) is 3.81. The molecule has 7 nitrogen and oxygen atoms in total. The largest absolute Gasteiger partial charge is 0.355 e. The fraction of sp³-hybridized carbons (Fsp3) is 0.429. The van der Waals surface area contributed by atoms with Crippen LogP contribution in [-0.2, 0) is 19.6 Å². The highest BCUT2D eigenvalue weighted by Crippen LogP contribution is 2.42. The number of sulfonamides is 1. The minimum atomic E-state index is -3.89. The van der Waals surface area contributed by atoms with Gasteiger partial charge in [0.05, 0.1) is 5.92 Å². The second-order valence-electron chi connectivity index (χ2n) is 5.71. The smallest absolute Gasteiger partial charge is 0.242 e. The highest BCUT2D eigenvalue weighted by molar-refractivity contribution is 7.91. The van der Waals surface area contributed by atoms with Crippen LogP contribution in [0.1, 0.15) is 30.7 Å². The van der Waals surface area contributed by atoms with E-state index in [-0.39, 0.29) is 31.2 Å². The number of fused-ring (bicyclic) bond motifs is 1. The molecule has 2 aliphatic rings. The first kappa shape index (κ1) is 15.0. The summed E-state index contributed by atoms with van der Waals surface area (Å²) in [7, 11) is -3.89. The summed E-state index contributed by atoms with van der Waals surface area (Å²) in [6.45, 7) is 0.225. The molecule has 1 atom stereocenters. The van der Waals surface area contributed by atoms with Gasteiger partial charge in [0, 0.05) is 12.2 Å². The normalized spacial score (nSPS) is 21.9. The molecule has 1 aliphatic heterocycles. The van der Waals surface area contributed by atoms with Gasteiger partial charge in [0.2, 0.25) is 21.8 Å². The number of nitrogens with two attached hydrogens (primary N) is 1. The maximum absolute atomic E-state index is 12.0. The van der Waals surface area contributed by atoms with Gasteiger partial charge >= 0.3 is 0 Å². The molecule has 8 heteroatoms. The lowest BCUT2D eigenvalue weighted by molar-refractivity contribution is -0.122. The van der Waals surface area contributed by atoms with E-state index in [1.54, 1.807) is 0 Å². The summed E-state index contributed by atoms with van der Waals surface area (Å²) in [5, 5.41) is 10.5. The third-order valence-electron chi connectivity index (χ3n) is 4.29. The Morgan fingerprint density at radius 3 is 2.68 bits per heavy atom. The summed E-state index contributed by atoms with van der Waals surface area (Å²) < 4.78 is 21.4. The van der Waals surface area contributed by atoms with Crippen molar-refractivity contribution in [1.29, 1.82) is 0 Å². The second kappa shape index (κ2) is 5.06. The molecule has 0 bridgehead atoms. The third-order valence-corrected chi connectivity index (χ3v) is 5.97. The topological polar surface area (TPSA) is 118 Å². The van der Waals surface area contributed by atoms with E-state index in [0.717, 1.165) is 11.3 Å². The fourth-order valence-electron chi connectivity index (χ4n) is 2.81. The number of hydrogen-bond acceptors (Lipinski definition) is 4. The number of primary sulfonamides is 1. The Bertz CT molecular complexity index is 740. The molecule has 1 fully saturated rings. The second-order valence-corrected chi connectivity index (χ2v) is 7.58. The van der Waals surface area contributed by atoms with Crippen LogP contribution >= 0.6 is 0 Å². The molecule has 0 saturated heterocycles. The molecule has 22 heavy (non-hydrogen) atoms. The number of para-hydroxylation sites is 1. The van der Waals surface area contributed by atoms with Gasteiger partial charge in [0.1, 0.15) is 0 Å². The molecule has 1 saturated carbocycles. The van der Waals surface area contributed by atoms with Gasteiger partial charge in [-0.2, -0.15) is 0 Å². The Morgan fingerprint density at radius 1 is 1.36 bits per heavy atom. The van der Waals surface area contributed by atoms with E-state index in [9.17, 15) is 18.0 Å². The van der Waals surface area contributed by atoms with Crippen molar-refractivity contribution in [2.24, 2.45) is 5.14 Å². The van der Waals surface area contributed by atoms with Crippen molar-refractivity contribution in [2.45, 2.75) is 29.9 Å². The van der Waals surface area contributed by atoms with E-state index in [2.05, 4.69) is 10.6 Å². The molecular weight excluding hydrogens is 306 g/mol. The Kier molecular flexibility index (Phi) is 3.45. The Labute approximate surface area is 128 Å². The van der Waals surface area contributed by atoms with Crippen LogP contribution in [0.2, 0.25) is 0 Å². The summed E-state index contributed by atoms with van der Waals surface area (Å²) in [5.74, 6) is -1.01. The van der Waals surface area contributed by atoms with Crippen molar-refractivity contribution < 1.29 is 18.0 Å². The van der Waals surface area contributed by atoms with Crippen molar-refractivity contribution in [3.63, 3.8) is 0 Å². The molecule has 1 aromatic carbocycles. The highest BCUT2D eigenvalue weighted by Gasteiger charge is 2.59. The maximum Gasteiger partial charge on any atom is 0.242 e. The molecule has 0 radical (unpaired) electrons. The predicted octanol–water partition coefficient (Wildman–Crippen LogP) is 0.0497. The minimum Gasteiger partial charge on any atom is -0.355 e. The summed E-state index contributed by atoms with van der Waals surface area (Å²) in [6.07, 6.45) is 0.921. The zero-order chi connectivity index (χ0) is 16.0. The van der Waals surface area contributed by atoms with E-state index in [1.807, 2.05) is 24.3 Å². The Hall–Kier alpha value is -1.93. The van der Waals surface area contributed by atoms with Crippen LogP contribution in [0, 0.1) is 0 Å². The number of hydrogen-bond donors (Lipinski definition) is 3. The molecule has 1 heterocycles. The van der Waals surface area contributed by atoms with Crippen LogP contribution in [0.3, 0.4) is 0 Å². The first-order valence-electron chi connectivity index (χ1n) is 7.06. The summed E-state index contributed by atoms with van der Waals surface area (Å²) in [5.41, 5.74) is 1.68. The van der Waals surface area contributed by atoms with E-state index in [4.69, 9.17) is 5.14 Å². The van der Waals surface area contributed by atoms with Gasteiger partial charge in [-0.25, -0.2) is 13.6 Å². The van der Waals surface area contributed by atoms with Crippen LogP contribution in [0.5, 0.6) is 0 Å². The van der Waals surface area contributed by atoms with Crippen LogP contribution in [0.4, 0.5) is 5.69 Å². The zero-order valence-electron chi connectivity index (χ0n) is 11.8. The molecule has 4 N–H and O–H groups in total. The van der Waals surface area contributed by atoms with Gasteiger partial charge in [-0.1, -0.05) is 18.2 Å². The molecule has 118 valence electrons. The SMILES string of the molecule is NS(=O)(=O)C1(C(=O)NCCC2C(=O)Nc3ccccc32)CC1. The molecule has 1 unspecified atom stereocenters. The van der Waals surface area contributed by atoms with Gasteiger partial charge in [-0.15, -0.1) is 0 Å². The quantitative estimate of drug-likeness (QED) is 0.709. The number of nitrogens with one attached hydrogen (secondary N) is 2. The highest BCUT2D eigenvalue weighted by atomic mass is 32.2. The summed E-state index contributed by atoms with van der Waals surface area (Å²) >= 11 is 0. The summed E-state index contributed by atoms with van der Waals surface area (Å²) in [4.78, 5) is 23.9. The predicted molar refractivity (Wildman–Crippen MR) is 80.5 cm³/mol. The Balaban J connectivity index is 1.61. The standard InChI is InChI=1S/C14H17N3O4S/c15-22(20,21)14(6-7-14)13(19)16-8-5-10-9-3-1-2-4-11(9)17-12(10)18/h1-4,10H,5-8H2,(H,16,19)(H,17,18)(H2,15,20,21). The summed E-state index contributed by atoms with van der Waals surface area (Å²) in [6, 6.07) is 7.38. The number of rotatable bonds is 5. The van der Waals surface area contributed by atoms with Crippen molar-refractivity contribution >= 4 is 27.5 Å². The van der Waals surface area contributed by atoms with Crippen LogP contribution in [0.15, 0.2) is 24.3 Å². The van der Waals surface area contributed by atoms with E-state index >= 15 is 0 Å².